The molecule has 1 aromatic heterocycles. The number of hydrogen-bond donors (Lipinski definition) is 1. The van der Waals surface area contributed by atoms with Crippen LogP contribution in [0.5, 0.6) is 5.88 Å². The van der Waals surface area contributed by atoms with Crippen molar-refractivity contribution in [3.05, 3.63) is 40.6 Å². The summed E-state index contributed by atoms with van der Waals surface area (Å²) in [5, 5.41) is 3.95. The van der Waals surface area contributed by atoms with E-state index in [9.17, 15) is 8.42 Å². The van der Waals surface area contributed by atoms with Gasteiger partial charge in [0.05, 0.1) is 18.6 Å². The molecule has 0 spiro atoms. The van der Waals surface area contributed by atoms with Crippen molar-refractivity contribution in [3.8, 4) is 5.88 Å². The van der Waals surface area contributed by atoms with Crippen LogP contribution in [0.3, 0.4) is 0 Å². The van der Waals surface area contributed by atoms with Gasteiger partial charge in [-0.1, -0.05) is 17.7 Å². The molecule has 1 aromatic carbocycles. The second-order valence-electron chi connectivity index (χ2n) is 4.07. The van der Waals surface area contributed by atoms with Crippen molar-refractivity contribution >= 4 is 21.6 Å². The van der Waals surface area contributed by atoms with Crippen molar-refractivity contribution in [1.29, 1.82) is 0 Å². The van der Waals surface area contributed by atoms with Gasteiger partial charge >= 0.3 is 0 Å². The van der Waals surface area contributed by atoms with Gasteiger partial charge in [-0.05, 0) is 29.8 Å². The predicted octanol–water partition coefficient (Wildman–Crippen LogP) is 2.12. The third kappa shape index (κ3) is 3.30. The molecule has 0 unspecified atom stereocenters. The summed E-state index contributed by atoms with van der Waals surface area (Å²) in [4.78, 5) is 0.136. The molecule has 8 heteroatoms. The molecule has 0 aliphatic carbocycles. The molecule has 0 atom stereocenters. The molecule has 2 aromatic rings. The van der Waals surface area contributed by atoms with Gasteiger partial charge in [0, 0.05) is 11.1 Å². The summed E-state index contributed by atoms with van der Waals surface area (Å²) >= 11 is 5.82. The number of rotatable bonds is 5. The molecule has 20 heavy (non-hydrogen) atoms. The van der Waals surface area contributed by atoms with Gasteiger partial charge in [-0.3, -0.25) is 0 Å². The van der Waals surface area contributed by atoms with Gasteiger partial charge in [0.1, 0.15) is 0 Å². The Morgan fingerprint density at radius 2 is 2.15 bits per heavy atom. The van der Waals surface area contributed by atoms with E-state index in [0.29, 0.717) is 16.3 Å². The summed E-state index contributed by atoms with van der Waals surface area (Å²) < 4.78 is 36.6. The standard InChI is InChI=1S/C12H13ClN2O4S/c1-8-3-4-9(13)5-11(8)20(16,17)14-7-10-6-12(18-2)15-19-10/h3-6,14H,7H2,1-2H3. The molecule has 0 fully saturated rings. The van der Waals surface area contributed by atoms with Crippen LogP contribution in [0, 0.1) is 6.92 Å². The summed E-state index contributed by atoms with van der Waals surface area (Å²) in [7, 11) is -2.23. The number of aryl methyl sites for hydroxylation is 1. The maximum absolute atomic E-state index is 12.2. The van der Waals surface area contributed by atoms with Crippen LogP contribution in [0.15, 0.2) is 33.7 Å². The first kappa shape index (κ1) is 14.8. The normalized spacial score (nSPS) is 11.6. The van der Waals surface area contributed by atoms with Gasteiger partial charge in [0.15, 0.2) is 5.76 Å². The van der Waals surface area contributed by atoms with Gasteiger partial charge in [-0.25, -0.2) is 13.1 Å². The van der Waals surface area contributed by atoms with Crippen LogP contribution < -0.4 is 9.46 Å². The van der Waals surface area contributed by atoms with Crippen molar-refractivity contribution < 1.29 is 17.7 Å². The molecule has 1 N–H and O–H groups in total. The first-order chi connectivity index (χ1) is 9.42. The molecule has 1 heterocycles. The highest BCUT2D eigenvalue weighted by Crippen LogP contribution is 2.20. The monoisotopic (exact) mass is 316 g/mol. The average Bonchev–Trinajstić information content (AvgIpc) is 2.87. The first-order valence-electron chi connectivity index (χ1n) is 5.68. The van der Waals surface area contributed by atoms with Crippen molar-refractivity contribution in [2.75, 3.05) is 7.11 Å². The van der Waals surface area contributed by atoms with Crippen LogP contribution >= 0.6 is 11.6 Å². The summed E-state index contributed by atoms with van der Waals surface area (Å²) in [5.74, 6) is 0.642. The van der Waals surface area contributed by atoms with E-state index in [1.165, 1.54) is 19.2 Å². The Hall–Kier alpha value is -1.57. The van der Waals surface area contributed by atoms with E-state index in [2.05, 4.69) is 9.88 Å². The number of benzene rings is 1. The molecule has 0 bridgehead atoms. The van der Waals surface area contributed by atoms with Crippen LogP contribution in [0.25, 0.3) is 0 Å². The Morgan fingerprint density at radius 1 is 1.40 bits per heavy atom. The molecular formula is C12H13ClN2O4S. The summed E-state index contributed by atoms with van der Waals surface area (Å²) in [6, 6.07) is 6.19. The van der Waals surface area contributed by atoms with E-state index in [1.54, 1.807) is 19.1 Å². The third-order valence-electron chi connectivity index (χ3n) is 2.62. The van der Waals surface area contributed by atoms with Crippen molar-refractivity contribution in [1.82, 2.24) is 9.88 Å². The SMILES string of the molecule is COc1cc(CNS(=O)(=O)c2cc(Cl)ccc2C)on1. The molecular weight excluding hydrogens is 304 g/mol. The van der Waals surface area contributed by atoms with E-state index in [0.717, 1.165) is 0 Å². The molecule has 0 radical (unpaired) electrons. The number of aromatic nitrogens is 1. The van der Waals surface area contributed by atoms with Crippen LogP contribution in [0.1, 0.15) is 11.3 Å². The molecule has 0 aliphatic rings. The average molecular weight is 317 g/mol. The van der Waals surface area contributed by atoms with Crippen molar-refractivity contribution in [2.24, 2.45) is 0 Å². The Balaban J connectivity index is 2.17. The number of nitrogens with zero attached hydrogens (tertiary/aromatic N) is 1. The summed E-state index contributed by atoms with van der Waals surface area (Å²) in [6.07, 6.45) is 0. The molecule has 108 valence electrons. The van der Waals surface area contributed by atoms with Gasteiger partial charge in [-0.15, -0.1) is 0 Å². The molecule has 0 amide bonds. The number of sulfonamides is 1. The van der Waals surface area contributed by atoms with E-state index in [1.807, 2.05) is 0 Å². The number of halogens is 1. The van der Waals surface area contributed by atoms with Crippen LogP contribution in [0.4, 0.5) is 0 Å². The lowest BCUT2D eigenvalue weighted by Gasteiger charge is -2.08. The fraction of sp³-hybridized carbons (Fsp3) is 0.250. The largest absolute Gasteiger partial charge is 0.479 e. The Bertz CT molecular complexity index is 712. The molecule has 2 rings (SSSR count). The fourth-order valence-electron chi connectivity index (χ4n) is 1.58. The lowest BCUT2D eigenvalue weighted by atomic mass is 10.2. The lowest BCUT2D eigenvalue weighted by molar-refractivity contribution is 0.325. The highest BCUT2D eigenvalue weighted by molar-refractivity contribution is 7.89. The lowest BCUT2D eigenvalue weighted by Crippen LogP contribution is -2.23. The van der Waals surface area contributed by atoms with Gasteiger partial charge < -0.3 is 9.26 Å². The number of nitrogens with one attached hydrogen (secondary N) is 1. The number of hydrogen-bond acceptors (Lipinski definition) is 5. The van der Waals surface area contributed by atoms with Gasteiger partial charge in [0.2, 0.25) is 10.0 Å². The minimum absolute atomic E-state index is 0.0232. The zero-order valence-electron chi connectivity index (χ0n) is 10.9. The summed E-state index contributed by atoms with van der Waals surface area (Å²) in [6.45, 7) is 1.67. The topological polar surface area (TPSA) is 81.4 Å². The van der Waals surface area contributed by atoms with E-state index in [-0.39, 0.29) is 17.3 Å². The highest BCUT2D eigenvalue weighted by atomic mass is 35.5. The van der Waals surface area contributed by atoms with Crippen LogP contribution in [0.2, 0.25) is 5.02 Å². The van der Waals surface area contributed by atoms with Gasteiger partial charge in [0.25, 0.3) is 5.88 Å². The zero-order valence-corrected chi connectivity index (χ0v) is 12.5. The third-order valence-corrected chi connectivity index (χ3v) is 4.40. The maximum Gasteiger partial charge on any atom is 0.254 e. The highest BCUT2D eigenvalue weighted by Gasteiger charge is 2.18. The van der Waals surface area contributed by atoms with E-state index >= 15 is 0 Å². The van der Waals surface area contributed by atoms with Crippen molar-refractivity contribution in [2.45, 2.75) is 18.4 Å². The molecule has 0 saturated carbocycles. The molecule has 0 saturated heterocycles. The first-order valence-corrected chi connectivity index (χ1v) is 7.54. The smallest absolute Gasteiger partial charge is 0.254 e. The second kappa shape index (κ2) is 5.82. The fourth-order valence-corrected chi connectivity index (χ4v) is 3.08. The van der Waals surface area contributed by atoms with Crippen molar-refractivity contribution in [3.63, 3.8) is 0 Å². The zero-order chi connectivity index (χ0) is 14.8. The minimum atomic E-state index is -3.67. The predicted molar refractivity (Wildman–Crippen MR) is 73.3 cm³/mol. The molecule has 0 aliphatic heterocycles. The van der Waals surface area contributed by atoms with Crippen LogP contribution in [-0.4, -0.2) is 20.7 Å². The Morgan fingerprint density at radius 3 is 2.80 bits per heavy atom. The Kier molecular flexibility index (Phi) is 4.32. The van der Waals surface area contributed by atoms with Gasteiger partial charge in [-0.2, -0.15) is 0 Å². The second-order valence-corrected chi connectivity index (χ2v) is 6.24. The molecule has 6 nitrogen and oxygen atoms in total. The number of ether oxygens (including phenoxy) is 1. The Labute approximate surface area is 121 Å². The quantitative estimate of drug-likeness (QED) is 0.913. The minimum Gasteiger partial charge on any atom is -0.479 e. The van der Waals surface area contributed by atoms with Crippen LogP contribution in [-0.2, 0) is 16.6 Å². The van der Waals surface area contributed by atoms with E-state index < -0.39 is 10.0 Å². The number of methoxy groups -OCH3 is 1. The van der Waals surface area contributed by atoms with E-state index in [4.69, 9.17) is 20.9 Å². The maximum atomic E-state index is 12.2. The summed E-state index contributed by atoms with van der Waals surface area (Å²) in [5.41, 5.74) is 0.608.